The summed E-state index contributed by atoms with van der Waals surface area (Å²) in [4.78, 5) is 58.1. The predicted molar refractivity (Wildman–Crippen MR) is 103 cm³/mol. The highest BCUT2D eigenvalue weighted by molar-refractivity contribution is 5.95. The van der Waals surface area contributed by atoms with Crippen molar-refractivity contribution in [3.63, 3.8) is 0 Å². The third-order valence-electron chi connectivity index (χ3n) is 5.80. The van der Waals surface area contributed by atoms with E-state index in [4.69, 9.17) is 5.73 Å². The summed E-state index contributed by atoms with van der Waals surface area (Å²) in [6.07, 6.45) is 5.38. The second-order valence-electron chi connectivity index (χ2n) is 8.42. The summed E-state index contributed by atoms with van der Waals surface area (Å²) in [6.45, 7) is 4.23. The normalized spacial score (nSPS) is 24.6. The highest BCUT2D eigenvalue weighted by Crippen LogP contribution is 2.31. The van der Waals surface area contributed by atoms with Crippen LogP contribution < -0.4 is 16.4 Å². The van der Waals surface area contributed by atoms with Crippen molar-refractivity contribution in [3.05, 3.63) is 18.2 Å². The molecule has 0 saturated carbocycles. The topological polar surface area (TPSA) is 150 Å². The number of carbonyl (C=O) groups is 4. The molecule has 3 atom stereocenters. The van der Waals surface area contributed by atoms with Crippen LogP contribution in [0.15, 0.2) is 12.5 Å². The number of nitrogens with one attached hydrogen (secondary N) is 3. The van der Waals surface area contributed by atoms with Gasteiger partial charge >= 0.3 is 0 Å². The first-order valence-electron chi connectivity index (χ1n) is 9.86. The zero-order valence-electron chi connectivity index (χ0n) is 16.7. The zero-order chi connectivity index (χ0) is 21.2. The van der Waals surface area contributed by atoms with Gasteiger partial charge in [0.2, 0.25) is 23.6 Å². The standard InChI is InChI=1S/C19H28N6O4/c1-19(2)6-5-14(26)24-15(19)17(28)23-12(8-11-9-21-10-22-11)18(29)25-7-3-4-13(25)16(20)27/h9-10,12-13,15H,3-8H2,1-2H3,(H2,20,27)(H,21,22)(H,23,28)(H,24,26)/t12-,13-,15?/m0/s1. The minimum Gasteiger partial charge on any atom is -0.368 e. The van der Waals surface area contributed by atoms with E-state index < -0.39 is 35.4 Å². The first-order chi connectivity index (χ1) is 13.7. The second kappa shape index (κ2) is 8.22. The number of hydrogen-bond acceptors (Lipinski definition) is 5. The van der Waals surface area contributed by atoms with Crippen molar-refractivity contribution in [3.8, 4) is 0 Å². The van der Waals surface area contributed by atoms with Crippen molar-refractivity contribution in [2.24, 2.45) is 11.1 Å². The molecule has 2 aliphatic heterocycles. The van der Waals surface area contributed by atoms with Crippen LogP contribution in [-0.4, -0.2) is 63.2 Å². The van der Waals surface area contributed by atoms with Crippen molar-refractivity contribution in [2.45, 2.75) is 64.1 Å². The lowest BCUT2D eigenvalue weighted by molar-refractivity contribution is -0.142. The number of primary amides is 1. The van der Waals surface area contributed by atoms with Crippen LogP contribution in [-0.2, 0) is 25.6 Å². The number of aromatic amines is 1. The van der Waals surface area contributed by atoms with Crippen molar-refractivity contribution in [1.29, 1.82) is 0 Å². The monoisotopic (exact) mass is 404 g/mol. The Hall–Kier alpha value is -2.91. The van der Waals surface area contributed by atoms with Crippen LogP contribution in [0.2, 0.25) is 0 Å². The zero-order valence-corrected chi connectivity index (χ0v) is 16.7. The summed E-state index contributed by atoms with van der Waals surface area (Å²) in [5, 5.41) is 5.53. The molecular weight excluding hydrogens is 376 g/mol. The molecule has 10 nitrogen and oxygen atoms in total. The molecule has 5 N–H and O–H groups in total. The Morgan fingerprint density at radius 1 is 1.41 bits per heavy atom. The fourth-order valence-corrected chi connectivity index (χ4v) is 4.03. The minimum absolute atomic E-state index is 0.186. The average Bonchev–Trinajstić information content (AvgIpc) is 3.34. The van der Waals surface area contributed by atoms with E-state index in [1.54, 1.807) is 6.20 Å². The number of likely N-dealkylation sites (tertiary alicyclic amines) is 1. The van der Waals surface area contributed by atoms with Gasteiger partial charge in [0.25, 0.3) is 0 Å². The minimum atomic E-state index is -0.905. The molecule has 158 valence electrons. The first kappa shape index (κ1) is 20.8. The van der Waals surface area contributed by atoms with Crippen molar-refractivity contribution < 1.29 is 19.2 Å². The molecule has 2 aliphatic rings. The Bertz CT molecular complexity index is 791. The van der Waals surface area contributed by atoms with Crippen LogP contribution >= 0.6 is 0 Å². The van der Waals surface area contributed by atoms with E-state index in [1.165, 1.54) is 11.2 Å². The molecule has 0 aromatic carbocycles. The molecule has 1 unspecified atom stereocenters. The van der Waals surface area contributed by atoms with Gasteiger partial charge in [-0.3, -0.25) is 19.2 Å². The summed E-state index contributed by atoms with van der Waals surface area (Å²) < 4.78 is 0. The van der Waals surface area contributed by atoms with Gasteiger partial charge in [-0.2, -0.15) is 0 Å². The average molecular weight is 404 g/mol. The number of H-pyrrole nitrogens is 1. The van der Waals surface area contributed by atoms with Crippen LogP contribution in [0.1, 0.15) is 45.2 Å². The van der Waals surface area contributed by atoms with E-state index >= 15 is 0 Å². The number of rotatable bonds is 6. The van der Waals surface area contributed by atoms with Gasteiger partial charge in [0.15, 0.2) is 0 Å². The molecule has 0 bridgehead atoms. The Balaban J connectivity index is 1.80. The molecule has 2 fully saturated rings. The maximum atomic E-state index is 13.2. The number of nitrogens with two attached hydrogens (primary N) is 1. The van der Waals surface area contributed by atoms with Crippen LogP contribution in [0, 0.1) is 5.41 Å². The molecule has 0 spiro atoms. The van der Waals surface area contributed by atoms with E-state index in [2.05, 4.69) is 20.6 Å². The summed E-state index contributed by atoms with van der Waals surface area (Å²) in [6, 6.07) is -2.32. The van der Waals surface area contributed by atoms with Crippen LogP contribution in [0.3, 0.4) is 0 Å². The third-order valence-corrected chi connectivity index (χ3v) is 5.80. The Labute approximate surface area is 169 Å². The van der Waals surface area contributed by atoms with Gasteiger partial charge in [0.1, 0.15) is 18.1 Å². The molecule has 4 amide bonds. The van der Waals surface area contributed by atoms with E-state index in [1.807, 2.05) is 13.8 Å². The quantitative estimate of drug-likeness (QED) is 0.490. The fraction of sp³-hybridized carbons (Fsp3) is 0.632. The van der Waals surface area contributed by atoms with E-state index in [0.29, 0.717) is 37.9 Å². The van der Waals surface area contributed by atoms with Crippen molar-refractivity contribution >= 4 is 23.6 Å². The summed E-state index contributed by atoms with van der Waals surface area (Å²) in [7, 11) is 0. The largest absolute Gasteiger partial charge is 0.368 e. The molecule has 3 heterocycles. The second-order valence-corrected chi connectivity index (χ2v) is 8.42. The fourth-order valence-electron chi connectivity index (χ4n) is 4.03. The van der Waals surface area contributed by atoms with Crippen molar-refractivity contribution in [1.82, 2.24) is 25.5 Å². The maximum absolute atomic E-state index is 13.2. The number of imidazole rings is 1. The lowest BCUT2D eigenvalue weighted by Crippen LogP contribution is -2.61. The summed E-state index contributed by atoms with van der Waals surface area (Å²) in [5.74, 6) is -1.53. The number of amides is 4. The van der Waals surface area contributed by atoms with Crippen LogP contribution in [0.25, 0.3) is 0 Å². The van der Waals surface area contributed by atoms with Crippen molar-refractivity contribution in [2.75, 3.05) is 6.54 Å². The number of carbonyl (C=O) groups excluding carboxylic acids is 4. The lowest BCUT2D eigenvalue weighted by atomic mass is 9.77. The lowest BCUT2D eigenvalue weighted by Gasteiger charge is -2.38. The third kappa shape index (κ3) is 4.57. The van der Waals surface area contributed by atoms with Crippen LogP contribution in [0.4, 0.5) is 0 Å². The highest BCUT2D eigenvalue weighted by atomic mass is 16.2. The predicted octanol–water partition coefficient (Wildman–Crippen LogP) is -0.782. The van der Waals surface area contributed by atoms with Gasteiger partial charge in [-0.1, -0.05) is 13.8 Å². The van der Waals surface area contributed by atoms with Gasteiger partial charge in [0.05, 0.1) is 6.33 Å². The number of aromatic nitrogens is 2. The molecule has 1 aromatic rings. The SMILES string of the molecule is CC1(C)CCC(=O)NC1C(=O)N[C@@H](Cc1cnc[nH]1)C(=O)N1CCC[C@H]1C(N)=O. The van der Waals surface area contributed by atoms with Gasteiger partial charge in [-0.15, -0.1) is 0 Å². The molecule has 1 aromatic heterocycles. The molecule has 0 radical (unpaired) electrons. The van der Waals surface area contributed by atoms with Gasteiger partial charge in [-0.25, -0.2) is 4.98 Å². The number of nitrogens with zero attached hydrogens (tertiary/aromatic N) is 2. The highest BCUT2D eigenvalue weighted by Gasteiger charge is 2.42. The summed E-state index contributed by atoms with van der Waals surface area (Å²) in [5.41, 5.74) is 5.68. The number of hydrogen-bond donors (Lipinski definition) is 4. The Morgan fingerprint density at radius 2 is 2.17 bits per heavy atom. The van der Waals surface area contributed by atoms with E-state index in [-0.39, 0.29) is 18.2 Å². The maximum Gasteiger partial charge on any atom is 0.246 e. The Morgan fingerprint density at radius 3 is 2.83 bits per heavy atom. The van der Waals surface area contributed by atoms with E-state index in [0.717, 1.165) is 0 Å². The molecule has 10 heteroatoms. The molecule has 2 saturated heterocycles. The van der Waals surface area contributed by atoms with Gasteiger partial charge in [0, 0.05) is 31.3 Å². The Kier molecular flexibility index (Phi) is 5.90. The number of piperidine rings is 1. The molecular formula is C19H28N6O4. The van der Waals surface area contributed by atoms with Gasteiger partial charge < -0.3 is 26.3 Å². The van der Waals surface area contributed by atoms with Gasteiger partial charge in [-0.05, 0) is 24.7 Å². The molecule has 3 rings (SSSR count). The smallest absolute Gasteiger partial charge is 0.246 e. The van der Waals surface area contributed by atoms with Crippen LogP contribution in [0.5, 0.6) is 0 Å². The first-order valence-corrected chi connectivity index (χ1v) is 9.86. The molecule has 29 heavy (non-hydrogen) atoms. The van der Waals surface area contributed by atoms with E-state index in [9.17, 15) is 19.2 Å². The summed E-state index contributed by atoms with van der Waals surface area (Å²) >= 11 is 0. The molecule has 0 aliphatic carbocycles.